The third-order valence-electron chi connectivity index (χ3n) is 2.27. The average Bonchev–Trinajstić information content (AvgIpc) is 2.36. The molecular weight excluding hydrogens is 292 g/mol. The van der Waals surface area contributed by atoms with Crippen LogP contribution < -0.4 is 16.4 Å². The fourth-order valence-corrected chi connectivity index (χ4v) is 1.29. The van der Waals surface area contributed by atoms with Crippen LogP contribution in [0.5, 0.6) is 0 Å². The normalized spacial score (nSPS) is 10.4. The topological polar surface area (TPSA) is 84.2 Å². The summed E-state index contributed by atoms with van der Waals surface area (Å²) in [7, 11) is 0. The average molecular weight is 308 g/mol. The fourth-order valence-electron chi connectivity index (χ4n) is 1.29. The van der Waals surface area contributed by atoms with Crippen molar-refractivity contribution in [2.45, 2.75) is 12.8 Å². The van der Waals surface area contributed by atoms with Crippen LogP contribution >= 0.6 is 12.4 Å². The van der Waals surface area contributed by atoms with Gasteiger partial charge in [-0.2, -0.15) is 0 Å². The van der Waals surface area contributed by atoms with Crippen LogP contribution in [0.3, 0.4) is 0 Å². The van der Waals surface area contributed by atoms with E-state index in [9.17, 15) is 18.4 Å². The fraction of sp³-hybridized carbons (Fsp3) is 0.333. The molecule has 0 heterocycles. The van der Waals surface area contributed by atoms with E-state index < -0.39 is 24.9 Å². The van der Waals surface area contributed by atoms with E-state index >= 15 is 0 Å². The molecule has 0 unspecified atom stereocenters. The smallest absolute Gasteiger partial charge is 0.277 e. The lowest BCUT2D eigenvalue weighted by atomic mass is 10.2. The molecule has 1 aromatic carbocycles. The summed E-state index contributed by atoms with van der Waals surface area (Å²) in [5.74, 6) is -3.98. The molecule has 0 bridgehead atoms. The van der Waals surface area contributed by atoms with E-state index in [1.165, 1.54) is 31.2 Å². The van der Waals surface area contributed by atoms with Crippen LogP contribution in [0.4, 0.5) is 14.5 Å². The second-order valence-corrected chi connectivity index (χ2v) is 4.00. The van der Waals surface area contributed by atoms with Gasteiger partial charge in [0.1, 0.15) is 0 Å². The van der Waals surface area contributed by atoms with Gasteiger partial charge in [-0.3, -0.25) is 9.59 Å². The Morgan fingerprint density at radius 1 is 1.25 bits per heavy atom. The summed E-state index contributed by atoms with van der Waals surface area (Å²) in [6, 6.07) is 5.89. The molecule has 4 N–H and O–H groups in total. The summed E-state index contributed by atoms with van der Waals surface area (Å²) in [6.45, 7) is -0.278. The number of hydrogen-bond donors (Lipinski definition) is 3. The molecule has 112 valence electrons. The number of hydrogen-bond acceptors (Lipinski definition) is 3. The van der Waals surface area contributed by atoms with Crippen LogP contribution in [0.25, 0.3) is 0 Å². The lowest BCUT2D eigenvalue weighted by Crippen LogP contribution is -2.41. The van der Waals surface area contributed by atoms with Gasteiger partial charge in [-0.1, -0.05) is 0 Å². The van der Waals surface area contributed by atoms with Crippen molar-refractivity contribution in [3.63, 3.8) is 0 Å². The number of rotatable bonds is 5. The highest BCUT2D eigenvalue weighted by molar-refractivity contribution is 5.95. The van der Waals surface area contributed by atoms with Gasteiger partial charge in [-0.15, -0.1) is 12.4 Å². The Bertz CT molecular complexity index is 466. The Hall–Kier alpha value is -1.73. The van der Waals surface area contributed by atoms with Crippen molar-refractivity contribution in [3.8, 4) is 0 Å². The van der Waals surface area contributed by atoms with Crippen molar-refractivity contribution in [2.75, 3.05) is 18.4 Å². The van der Waals surface area contributed by atoms with Gasteiger partial charge < -0.3 is 16.4 Å². The molecular formula is C12H16ClF2N3O2. The van der Waals surface area contributed by atoms with Gasteiger partial charge in [0.15, 0.2) is 0 Å². The Labute approximate surface area is 121 Å². The first-order valence-electron chi connectivity index (χ1n) is 5.58. The molecule has 0 atom stereocenters. The molecule has 0 aromatic heterocycles. The Kier molecular flexibility index (Phi) is 7.09. The minimum absolute atomic E-state index is 0. The number of amides is 2. The van der Waals surface area contributed by atoms with Crippen molar-refractivity contribution in [3.05, 3.63) is 29.8 Å². The monoisotopic (exact) mass is 307 g/mol. The lowest BCUT2D eigenvalue weighted by Gasteiger charge is -2.14. The van der Waals surface area contributed by atoms with Gasteiger partial charge in [0.25, 0.3) is 11.8 Å². The number of anilines is 1. The van der Waals surface area contributed by atoms with Crippen LogP contribution in [0.15, 0.2) is 24.3 Å². The van der Waals surface area contributed by atoms with E-state index in [-0.39, 0.29) is 23.9 Å². The second kappa shape index (κ2) is 7.76. The van der Waals surface area contributed by atoms with Crippen molar-refractivity contribution in [1.82, 2.24) is 5.32 Å². The summed E-state index contributed by atoms with van der Waals surface area (Å²) in [4.78, 5) is 22.4. The molecule has 20 heavy (non-hydrogen) atoms. The van der Waals surface area contributed by atoms with E-state index in [4.69, 9.17) is 5.73 Å². The van der Waals surface area contributed by atoms with Crippen LogP contribution in [0.1, 0.15) is 17.3 Å². The quantitative estimate of drug-likeness (QED) is 0.768. The minimum atomic E-state index is -3.12. The number of nitrogens with one attached hydrogen (secondary N) is 2. The molecule has 8 heteroatoms. The second-order valence-electron chi connectivity index (χ2n) is 4.00. The first-order chi connectivity index (χ1) is 8.84. The molecule has 1 aromatic rings. The number of benzene rings is 1. The van der Waals surface area contributed by atoms with Crippen LogP contribution in [0, 0.1) is 0 Å². The van der Waals surface area contributed by atoms with E-state index in [1.807, 2.05) is 0 Å². The van der Waals surface area contributed by atoms with E-state index in [1.54, 1.807) is 0 Å². The summed E-state index contributed by atoms with van der Waals surface area (Å²) in [5.41, 5.74) is 5.60. The highest BCUT2D eigenvalue weighted by Gasteiger charge is 2.27. The predicted octanol–water partition coefficient (Wildman–Crippen LogP) is 1.39. The Morgan fingerprint density at radius 2 is 1.80 bits per heavy atom. The van der Waals surface area contributed by atoms with Gasteiger partial charge in [-0.25, -0.2) is 8.78 Å². The molecule has 0 saturated heterocycles. The largest absolute Gasteiger partial charge is 0.346 e. The summed E-state index contributed by atoms with van der Waals surface area (Å²) < 4.78 is 25.7. The van der Waals surface area contributed by atoms with Gasteiger partial charge in [0.2, 0.25) is 5.91 Å². The molecule has 0 radical (unpaired) electrons. The van der Waals surface area contributed by atoms with Gasteiger partial charge >= 0.3 is 0 Å². The van der Waals surface area contributed by atoms with E-state index in [0.717, 1.165) is 0 Å². The molecule has 0 fully saturated rings. The standard InChI is InChI=1S/C12H15F2N3O2.ClH/c1-8(18)17-10-4-2-9(3-5-10)11(19)16-7-12(13,14)6-15;/h2-5H,6-7,15H2,1H3,(H,16,19)(H,17,18);1H. The van der Waals surface area contributed by atoms with E-state index in [2.05, 4.69) is 10.6 Å². The highest BCUT2D eigenvalue weighted by atomic mass is 35.5. The third-order valence-corrected chi connectivity index (χ3v) is 2.27. The minimum Gasteiger partial charge on any atom is -0.346 e. The predicted molar refractivity (Wildman–Crippen MR) is 74.3 cm³/mol. The van der Waals surface area contributed by atoms with Crippen molar-refractivity contribution in [1.29, 1.82) is 0 Å². The first kappa shape index (κ1) is 18.3. The number of halogens is 3. The van der Waals surface area contributed by atoms with Crippen molar-refractivity contribution < 1.29 is 18.4 Å². The van der Waals surface area contributed by atoms with Crippen LogP contribution in [-0.2, 0) is 4.79 Å². The summed E-state index contributed by atoms with van der Waals surface area (Å²) in [5, 5.41) is 4.62. The van der Waals surface area contributed by atoms with Crippen LogP contribution in [0.2, 0.25) is 0 Å². The third kappa shape index (κ3) is 5.94. The van der Waals surface area contributed by atoms with Gasteiger partial charge in [0, 0.05) is 18.2 Å². The first-order valence-corrected chi connectivity index (χ1v) is 5.58. The number of nitrogens with two attached hydrogens (primary N) is 1. The number of carbonyl (C=O) groups excluding carboxylic acids is 2. The molecule has 2 amide bonds. The molecule has 0 aliphatic rings. The maximum absolute atomic E-state index is 12.8. The zero-order valence-electron chi connectivity index (χ0n) is 10.8. The van der Waals surface area contributed by atoms with E-state index in [0.29, 0.717) is 5.69 Å². The van der Waals surface area contributed by atoms with Crippen molar-refractivity contribution >= 4 is 29.9 Å². The number of carbonyl (C=O) groups is 2. The molecule has 0 saturated carbocycles. The Balaban J connectivity index is 0.00000361. The summed E-state index contributed by atoms with van der Waals surface area (Å²) >= 11 is 0. The Morgan fingerprint density at radius 3 is 2.25 bits per heavy atom. The molecule has 0 aliphatic carbocycles. The lowest BCUT2D eigenvalue weighted by molar-refractivity contribution is -0.114. The van der Waals surface area contributed by atoms with Gasteiger partial charge in [-0.05, 0) is 24.3 Å². The van der Waals surface area contributed by atoms with Crippen molar-refractivity contribution in [2.24, 2.45) is 5.73 Å². The SMILES string of the molecule is CC(=O)Nc1ccc(C(=O)NCC(F)(F)CN)cc1.Cl. The highest BCUT2D eigenvalue weighted by Crippen LogP contribution is 2.11. The maximum atomic E-state index is 12.8. The molecule has 0 spiro atoms. The maximum Gasteiger partial charge on any atom is 0.277 e. The molecule has 5 nitrogen and oxygen atoms in total. The molecule has 1 rings (SSSR count). The molecule has 0 aliphatic heterocycles. The van der Waals surface area contributed by atoms with Gasteiger partial charge in [0.05, 0.1) is 13.1 Å². The zero-order chi connectivity index (χ0) is 14.5. The summed E-state index contributed by atoms with van der Waals surface area (Å²) in [6.07, 6.45) is 0. The van der Waals surface area contributed by atoms with Crippen LogP contribution in [-0.4, -0.2) is 30.8 Å². The number of alkyl halides is 2. The zero-order valence-corrected chi connectivity index (χ0v) is 11.6.